The van der Waals surface area contributed by atoms with Crippen LogP contribution in [0.2, 0.25) is 0 Å². The Morgan fingerprint density at radius 3 is 2.65 bits per heavy atom. The molecule has 0 radical (unpaired) electrons. The van der Waals surface area contributed by atoms with E-state index in [0.717, 1.165) is 29.7 Å². The minimum absolute atomic E-state index is 0.176. The Bertz CT molecular complexity index is 835. The summed E-state index contributed by atoms with van der Waals surface area (Å²) in [6, 6.07) is 16.3. The van der Waals surface area contributed by atoms with Crippen molar-refractivity contribution in [3.63, 3.8) is 0 Å². The van der Waals surface area contributed by atoms with Crippen LogP contribution in [0.5, 0.6) is 5.75 Å². The van der Waals surface area contributed by atoms with Crippen LogP contribution in [0, 0.1) is 5.92 Å². The summed E-state index contributed by atoms with van der Waals surface area (Å²) in [6.07, 6.45) is 1.82. The third-order valence-corrected chi connectivity index (χ3v) is 5.52. The number of carboxylic acid groups (broad SMARTS) is 1. The van der Waals surface area contributed by atoms with Gasteiger partial charge in [-0.25, -0.2) is 4.79 Å². The van der Waals surface area contributed by atoms with Crippen LogP contribution in [0.15, 0.2) is 54.6 Å². The molecule has 3 atom stereocenters. The summed E-state index contributed by atoms with van der Waals surface area (Å²) < 4.78 is 5.70. The number of aliphatic carboxylic acids is 1. The molecule has 5 heteroatoms. The average molecular weight is 351 g/mol. The van der Waals surface area contributed by atoms with Crippen LogP contribution in [-0.2, 0) is 21.4 Å². The van der Waals surface area contributed by atoms with E-state index in [1.165, 1.54) is 0 Å². The van der Waals surface area contributed by atoms with Gasteiger partial charge in [0.2, 0.25) is 5.91 Å². The van der Waals surface area contributed by atoms with Crippen molar-refractivity contribution in [3.05, 3.63) is 65.7 Å². The molecule has 0 bridgehead atoms. The summed E-state index contributed by atoms with van der Waals surface area (Å²) in [5, 5.41) is 12.3. The standard InChI is InChI=1S/C21H21NO4/c23-19(22-17(20(24)25)12-14-6-2-1-3-7-14)16-13-21(16)10-11-26-18-9-5-4-8-15(18)21/h1-9,16-17H,10-13H2,(H,22,23)(H,24,25)/t16?,17-,21?/m0/s1. The van der Waals surface area contributed by atoms with Gasteiger partial charge in [0.25, 0.3) is 0 Å². The minimum Gasteiger partial charge on any atom is -0.493 e. The summed E-state index contributed by atoms with van der Waals surface area (Å²) in [7, 11) is 0. The molecule has 5 nitrogen and oxygen atoms in total. The maximum Gasteiger partial charge on any atom is 0.326 e. The first kappa shape index (κ1) is 16.6. The van der Waals surface area contributed by atoms with Crippen molar-refractivity contribution in [2.24, 2.45) is 5.92 Å². The molecule has 1 fully saturated rings. The summed E-state index contributed by atoms with van der Waals surface area (Å²) in [5.41, 5.74) is 1.76. The zero-order valence-corrected chi connectivity index (χ0v) is 14.4. The second-order valence-electron chi connectivity index (χ2n) is 7.10. The molecular formula is C21H21NO4. The fourth-order valence-electron chi connectivity index (χ4n) is 4.03. The first-order valence-electron chi connectivity index (χ1n) is 8.89. The van der Waals surface area contributed by atoms with E-state index in [1.54, 1.807) is 0 Å². The summed E-state index contributed by atoms with van der Waals surface area (Å²) >= 11 is 0. The van der Waals surface area contributed by atoms with E-state index in [0.29, 0.717) is 6.61 Å². The number of carbonyl (C=O) groups excluding carboxylic acids is 1. The third-order valence-electron chi connectivity index (χ3n) is 5.52. The van der Waals surface area contributed by atoms with Gasteiger partial charge in [0.15, 0.2) is 0 Å². The van der Waals surface area contributed by atoms with Crippen LogP contribution >= 0.6 is 0 Å². The van der Waals surface area contributed by atoms with E-state index in [9.17, 15) is 14.7 Å². The fraction of sp³-hybridized carbons (Fsp3) is 0.333. The zero-order valence-electron chi connectivity index (χ0n) is 14.4. The maximum absolute atomic E-state index is 12.8. The van der Waals surface area contributed by atoms with Gasteiger partial charge in [-0.1, -0.05) is 48.5 Å². The quantitative estimate of drug-likeness (QED) is 0.868. The molecule has 2 aliphatic rings. The average Bonchev–Trinajstić information content (AvgIpc) is 3.37. The predicted octanol–water partition coefficient (Wildman–Crippen LogP) is 2.54. The Morgan fingerprint density at radius 2 is 1.88 bits per heavy atom. The second kappa shape index (κ2) is 6.48. The monoisotopic (exact) mass is 351 g/mol. The lowest BCUT2D eigenvalue weighted by atomic mass is 9.87. The summed E-state index contributed by atoms with van der Waals surface area (Å²) in [5.74, 6) is -0.535. The predicted molar refractivity (Wildman–Crippen MR) is 96.1 cm³/mol. The molecule has 2 aromatic carbocycles. The van der Waals surface area contributed by atoms with Crippen molar-refractivity contribution < 1.29 is 19.4 Å². The van der Waals surface area contributed by atoms with Gasteiger partial charge < -0.3 is 15.2 Å². The number of hydrogen-bond donors (Lipinski definition) is 2. The van der Waals surface area contributed by atoms with Crippen LogP contribution in [0.3, 0.4) is 0 Å². The Kier molecular flexibility index (Phi) is 4.15. The minimum atomic E-state index is -1.01. The van der Waals surface area contributed by atoms with Crippen molar-refractivity contribution in [1.82, 2.24) is 5.32 Å². The van der Waals surface area contributed by atoms with E-state index in [-0.39, 0.29) is 23.7 Å². The van der Waals surface area contributed by atoms with E-state index in [4.69, 9.17) is 4.74 Å². The molecule has 1 amide bonds. The van der Waals surface area contributed by atoms with Gasteiger partial charge in [-0.15, -0.1) is 0 Å². The second-order valence-corrected chi connectivity index (χ2v) is 7.10. The van der Waals surface area contributed by atoms with Crippen LogP contribution in [-0.4, -0.2) is 29.6 Å². The van der Waals surface area contributed by atoms with Gasteiger partial charge in [-0.3, -0.25) is 4.79 Å². The largest absolute Gasteiger partial charge is 0.493 e. The number of hydrogen-bond acceptors (Lipinski definition) is 3. The molecule has 2 aromatic rings. The number of benzene rings is 2. The summed E-state index contributed by atoms with van der Waals surface area (Å²) in [6.45, 7) is 0.590. The third kappa shape index (κ3) is 2.94. The number of para-hydroxylation sites is 1. The van der Waals surface area contributed by atoms with Crippen LogP contribution < -0.4 is 10.1 Å². The number of amides is 1. The normalized spacial score (nSPS) is 24.2. The number of rotatable bonds is 5. The number of carbonyl (C=O) groups is 2. The first-order valence-corrected chi connectivity index (χ1v) is 8.89. The number of fused-ring (bicyclic) bond motifs is 2. The van der Waals surface area contributed by atoms with E-state index in [1.807, 2.05) is 54.6 Å². The first-order chi connectivity index (χ1) is 12.6. The number of ether oxygens (including phenoxy) is 1. The Labute approximate surface area is 152 Å². The zero-order chi connectivity index (χ0) is 18.1. The molecule has 1 heterocycles. The van der Waals surface area contributed by atoms with Crippen molar-refractivity contribution in [2.75, 3.05) is 6.61 Å². The lowest BCUT2D eigenvalue weighted by Gasteiger charge is -2.27. The highest BCUT2D eigenvalue weighted by atomic mass is 16.5. The van der Waals surface area contributed by atoms with Gasteiger partial charge in [-0.2, -0.15) is 0 Å². The number of nitrogens with one attached hydrogen (secondary N) is 1. The Morgan fingerprint density at radius 1 is 1.15 bits per heavy atom. The van der Waals surface area contributed by atoms with Gasteiger partial charge in [0.05, 0.1) is 6.61 Å². The van der Waals surface area contributed by atoms with E-state index >= 15 is 0 Å². The lowest BCUT2D eigenvalue weighted by Crippen LogP contribution is -2.44. The maximum atomic E-state index is 12.8. The molecular weight excluding hydrogens is 330 g/mol. The molecule has 134 valence electrons. The van der Waals surface area contributed by atoms with Gasteiger partial charge in [-0.05, 0) is 24.5 Å². The Balaban J connectivity index is 1.48. The van der Waals surface area contributed by atoms with Crippen LogP contribution in [0.25, 0.3) is 0 Å². The molecule has 2 unspecified atom stereocenters. The molecule has 1 spiro atoms. The molecule has 1 aliphatic heterocycles. The topological polar surface area (TPSA) is 75.6 Å². The molecule has 1 aliphatic carbocycles. The fourth-order valence-corrected chi connectivity index (χ4v) is 4.03. The molecule has 0 saturated heterocycles. The molecule has 1 saturated carbocycles. The van der Waals surface area contributed by atoms with E-state index in [2.05, 4.69) is 5.32 Å². The smallest absolute Gasteiger partial charge is 0.326 e. The van der Waals surface area contributed by atoms with Crippen molar-refractivity contribution in [2.45, 2.75) is 30.7 Å². The molecule has 0 aromatic heterocycles. The Hall–Kier alpha value is -2.82. The highest BCUT2D eigenvalue weighted by molar-refractivity contribution is 5.89. The van der Waals surface area contributed by atoms with Crippen LogP contribution in [0.1, 0.15) is 24.0 Å². The highest BCUT2D eigenvalue weighted by Gasteiger charge is 2.61. The number of carboxylic acids is 1. The molecule has 2 N–H and O–H groups in total. The SMILES string of the molecule is O=C(N[C@@H](Cc1ccccc1)C(=O)O)C1CC12CCOc1ccccc12. The molecule has 26 heavy (non-hydrogen) atoms. The highest BCUT2D eigenvalue weighted by Crippen LogP contribution is 2.60. The van der Waals surface area contributed by atoms with E-state index < -0.39 is 12.0 Å². The van der Waals surface area contributed by atoms with Crippen molar-refractivity contribution in [1.29, 1.82) is 0 Å². The van der Waals surface area contributed by atoms with Gasteiger partial charge >= 0.3 is 5.97 Å². The van der Waals surface area contributed by atoms with Gasteiger partial charge in [0.1, 0.15) is 11.8 Å². The summed E-state index contributed by atoms with van der Waals surface area (Å²) in [4.78, 5) is 24.4. The van der Waals surface area contributed by atoms with Gasteiger partial charge in [0, 0.05) is 23.3 Å². The van der Waals surface area contributed by atoms with Crippen molar-refractivity contribution in [3.8, 4) is 5.75 Å². The molecule has 4 rings (SSSR count). The lowest BCUT2D eigenvalue weighted by molar-refractivity contribution is -0.142. The van der Waals surface area contributed by atoms with Crippen LogP contribution in [0.4, 0.5) is 0 Å². The van der Waals surface area contributed by atoms with Crippen molar-refractivity contribution >= 4 is 11.9 Å².